The van der Waals surface area contributed by atoms with Crippen LogP contribution in [0, 0.1) is 30.1 Å². The lowest BCUT2D eigenvalue weighted by Crippen LogP contribution is -2.25. The van der Waals surface area contributed by atoms with Gasteiger partial charge in [0.1, 0.15) is 0 Å². The van der Waals surface area contributed by atoms with E-state index in [1.165, 1.54) is 56.9 Å². The number of allylic oxidation sites excluding steroid dienone is 2. The number of hydrogen-bond acceptors (Lipinski definition) is 0. The Labute approximate surface area is 142 Å². The molecule has 0 saturated heterocycles. The summed E-state index contributed by atoms with van der Waals surface area (Å²) in [6.07, 6.45) is 21.5. The highest BCUT2D eigenvalue weighted by Gasteiger charge is 2.30. The molecule has 1 aromatic carbocycles. The molecule has 23 heavy (non-hydrogen) atoms. The molecular formula is C23H30. The second kappa shape index (κ2) is 7.87. The van der Waals surface area contributed by atoms with Gasteiger partial charge in [0.25, 0.3) is 0 Å². The zero-order chi connectivity index (χ0) is 16.1. The Kier molecular flexibility index (Phi) is 5.60. The molecule has 0 atom stereocenters. The maximum Gasteiger partial charge on any atom is 0.0242 e. The summed E-state index contributed by atoms with van der Waals surface area (Å²) in [5, 5.41) is 0. The quantitative estimate of drug-likeness (QED) is 0.452. The molecule has 2 saturated carbocycles. The van der Waals surface area contributed by atoms with Crippen molar-refractivity contribution in [2.24, 2.45) is 17.8 Å². The fourth-order valence-corrected chi connectivity index (χ4v) is 4.86. The SMILES string of the molecule is C#Cc1ccc(C2CCC(C3CCC(C=CC)CC3)CC2)cc1. The Morgan fingerprint density at radius 2 is 1.43 bits per heavy atom. The number of hydrogen-bond donors (Lipinski definition) is 0. The molecule has 3 rings (SSSR count). The van der Waals surface area contributed by atoms with Crippen molar-refractivity contribution in [1.29, 1.82) is 0 Å². The largest absolute Gasteiger partial charge is 0.115 e. The van der Waals surface area contributed by atoms with Crippen LogP contribution in [0.2, 0.25) is 0 Å². The zero-order valence-electron chi connectivity index (χ0n) is 14.5. The van der Waals surface area contributed by atoms with Gasteiger partial charge in [-0.05, 0) is 99.7 Å². The van der Waals surface area contributed by atoms with Gasteiger partial charge >= 0.3 is 0 Å². The smallest absolute Gasteiger partial charge is 0.0242 e. The van der Waals surface area contributed by atoms with E-state index >= 15 is 0 Å². The monoisotopic (exact) mass is 306 g/mol. The lowest BCUT2D eigenvalue weighted by molar-refractivity contribution is 0.171. The molecule has 0 amide bonds. The van der Waals surface area contributed by atoms with Gasteiger partial charge in [-0.1, -0.05) is 30.2 Å². The Hall–Kier alpha value is -1.48. The van der Waals surface area contributed by atoms with Gasteiger partial charge < -0.3 is 0 Å². The molecule has 0 heterocycles. The summed E-state index contributed by atoms with van der Waals surface area (Å²) >= 11 is 0. The normalized spacial score (nSPS) is 31.8. The van der Waals surface area contributed by atoms with Gasteiger partial charge in [-0.15, -0.1) is 6.42 Å². The van der Waals surface area contributed by atoms with Crippen molar-refractivity contribution in [2.75, 3.05) is 0 Å². The minimum atomic E-state index is 0.762. The van der Waals surface area contributed by atoms with Crippen molar-refractivity contribution >= 4 is 0 Å². The highest BCUT2D eigenvalue weighted by atomic mass is 14.4. The lowest BCUT2D eigenvalue weighted by Gasteiger charge is -2.37. The first kappa shape index (κ1) is 16.4. The van der Waals surface area contributed by atoms with Crippen LogP contribution in [0.15, 0.2) is 36.4 Å². The Morgan fingerprint density at radius 1 is 0.870 bits per heavy atom. The average Bonchev–Trinajstić information content (AvgIpc) is 2.63. The fraction of sp³-hybridized carbons (Fsp3) is 0.565. The van der Waals surface area contributed by atoms with Crippen LogP contribution in [0.25, 0.3) is 0 Å². The molecule has 0 aromatic heterocycles. The second-order valence-electron chi connectivity index (χ2n) is 7.58. The fourth-order valence-electron chi connectivity index (χ4n) is 4.86. The molecule has 2 fully saturated rings. The average molecular weight is 306 g/mol. The molecule has 0 nitrogen and oxygen atoms in total. The van der Waals surface area contributed by atoms with Crippen LogP contribution >= 0.6 is 0 Å². The molecule has 0 aliphatic heterocycles. The van der Waals surface area contributed by atoms with E-state index in [2.05, 4.69) is 49.3 Å². The lowest BCUT2D eigenvalue weighted by atomic mass is 9.68. The summed E-state index contributed by atoms with van der Waals surface area (Å²) in [6, 6.07) is 8.71. The van der Waals surface area contributed by atoms with Crippen LogP contribution in [0.5, 0.6) is 0 Å². The minimum absolute atomic E-state index is 0.762. The Balaban J connectivity index is 1.49. The molecule has 1 aromatic rings. The van der Waals surface area contributed by atoms with Crippen molar-refractivity contribution < 1.29 is 0 Å². The molecular weight excluding hydrogens is 276 g/mol. The maximum absolute atomic E-state index is 5.45. The minimum Gasteiger partial charge on any atom is -0.115 e. The Morgan fingerprint density at radius 3 is 1.96 bits per heavy atom. The first-order chi connectivity index (χ1) is 11.3. The second-order valence-corrected chi connectivity index (χ2v) is 7.58. The summed E-state index contributed by atoms with van der Waals surface area (Å²) in [5.74, 6) is 6.33. The third-order valence-corrected chi connectivity index (χ3v) is 6.27. The topological polar surface area (TPSA) is 0 Å². The van der Waals surface area contributed by atoms with Gasteiger partial charge in [0.15, 0.2) is 0 Å². The molecule has 2 aliphatic rings. The zero-order valence-corrected chi connectivity index (χ0v) is 14.5. The van der Waals surface area contributed by atoms with E-state index in [0.29, 0.717) is 0 Å². The van der Waals surface area contributed by atoms with E-state index < -0.39 is 0 Å². The van der Waals surface area contributed by atoms with E-state index in [1.54, 1.807) is 0 Å². The van der Waals surface area contributed by atoms with Crippen LogP contribution < -0.4 is 0 Å². The summed E-state index contributed by atoms with van der Waals surface area (Å²) in [7, 11) is 0. The molecule has 2 aliphatic carbocycles. The first-order valence-corrected chi connectivity index (χ1v) is 9.49. The maximum atomic E-state index is 5.45. The number of benzene rings is 1. The predicted molar refractivity (Wildman–Crippen MR) is 99.3 cm³/mol. The van der Waals surface area contributed by atoms with Crippen LogP contribution in [0.4, 0.5) is 0 Å². The van der Waals surface area contributed by atoms with E-state index in [0.717, 1.165) is 29.2 Å². The van der Waals surface area contributed by atoms with E-state index in [9.17, 15) is 0 Å². The van der Waals surface area contributed by atoms with E-state index in [4.69, 9.17) is 6.42 Å². The van der Waals surface area contributed by atoms with Crippen LogP contribution in [0.3, 0.4) is 0 Å². The molecule has 122 valence electrons. The van der Waals surface area contributed by atoms with Gasteiger partial charge in [-0.3, -0.25) is 0 Å². The van der Waals surface area contributed by atoms with Crippen LogP contribution in [-0.2, 0) is 0 Å². The highest BCUT2D eigenvalue weighted by Crippen LogP contribution is 2.44. The summed E-state index contributed by atoms with van der Waals surface area (Å²) < 4.78 is 0. The van der Waals surface area contributed by atoms with Gasteiger partial charge in [-0.2, -0.15) is 0 Å². The van der Waals surface area contributed by atoms with E-state index in [1.807, 2.05) is 0 Å². The van der Waals surface area contributed by atoms with E-state index in [-0.39, 0.29) is 0 Å². The first-order valence-electron chi connectivity index (χ1n) is 9.49. The third-order valence-electron chi connectivity index (χ3n) is 6.27. The number of terminal acetylenes is 1. The summed E-state index contributed by atoms with van der Waals surface area (Å²) in [4.78, 5) is 0. The number of rotatable bonds is 3. The van der Waals surface area contributed by atoms with Gasteiger partial charge in [0.05, 0.1) is 0 Å². The van der Waals surface area contributed by atoms with Gasteiger partial charge in [0, 0.05) is 5.56 Å². The molecule has 0 spiro atoms. The third kappa shape index (κ3) is 4.08. The van der Waals surface area contributed by atoms with Crippen LogP contribution in [0.1, 0.15) is 75.3 Å². The molecule has 0 N–H and O–H groups in total. The van der Waals surface area contributed by atoms with Crippen molar-refractivity contribution in [2.45, 2.75) is 64.2 Å². The molecule has 0 bridgehead atoms. The van der Waals surface area contributed by atoms with Crippen molar-refractivity contribution in [3.8, 4) is 12.3 Å². The molecule has 0 heteroatoms. The molecule has 0 radical (unpaired) electrons. The van der Waals surface area contributed by atoms with Crippen molar-refractivity contribution in [3.05, 3.63) is 47.5 Å². The Bertz CT molecular complexity index is 541. The van der Waals surface area contributed by atoms with Gasteiger partial charge in [-0.25, -0.2) is 0 Å². The van der Waals surface area contributed by atoms with Gasteiger partial charge in [0.2, 0.25) is 0 Å². The summed E-state index contributed by atoms with van der Waals surface area (Å²) in [5.41, 5.74) is 2.50. The summed E-state index contributed by atoms with van der Waals surface area (Å²) in [6.45, 7) is 2.16. The van der Waals surface area contributed by atoms with Crippen LogP contribution in [-0.4, -0.2) is 0 Å². The predicted octanol–water partition coefficient (Wildman–Crippen LogP) is 6.32. The van der Waals surface area contributed by atoms with Crippen molar-refractivity contribution in [3.63, 3.8) is 0 Å². The highest BCUT2D eigenvalue weighted by molar-refractivity contribution is 5.35. The van der Waals surface area contributed by atoms with Crippen molar-refractivity contribution in [1.82, 2.24) is 0 Å². The standard InChI is InChI=1S/C23H30/c1-3-5-19-8-12-21(13-9-19)23-16-14-22(15-17-23)20-10-6-18(4-2)7-11-20/h2-3,5-7,10-11,19,21-23H,8-9,12-17H2,1H3. The molecule has 0 unspecified atom stereocenters.